The monoisotopic (exact) mass is 438 g/mol. The van der Waals surface area contributed by atoms with Crippen LogP contribution in [0.4, 0.5) is 5.69 Å². The number of aromatic carboxylic acids is 1. The third-order valence-corrected chi connectivity index (χ3v) is 5.06. The topological polar surface area (TPSA) is 117 Å². The molecule has 1 amide bonds. The van der Waals surface area contributed by atoms with Crippen LogP contribution in [0.25, 0.3) is 6.08 Å². The lowest BCUT2D eigenvalue weighted by Gasteiger charge is -2.12. The summed E-state index contributed by atoms with van der Waals surface area (Å²) >= 11 is 1.17. The van der Waals surface area contributed by atoms with Crippen LogP contribution in [0.1, 0.15) is 15.9 Å². The largest absolute Gasteiger partial charge is 0.482 e. The minimum Gasteiger partial charge on any atom is -0.482 e. The third-order valence-electron chi connectivity index (χ3n) is 4.06. The third kappa shape index (κ3) is 5.61. The van der Waals surface area contributed by atoms with Gasteiger partial charge in [-0.1, -0.05) is 24.3 Å². The maximum absolute atomic E-state index is 12.8. The summed E-state index contributed by atoms with van der Waals surface area (Å²) < 4.78 is 5.10. The molecule has 9 heteroatoms. The van der Waals surface area contributed by atoms with Gasteiger partial charge in [0.25, 0.3) is 5.91 Å². The van der Waals surface area contributed by atoms with E-state index in [4.69, 9.17) is 14.9 Å². The SMILES string of the molecule is C=CCN1C(=O)/C(=C/c2ccc(OCC(=O)O)cc2)SC1=Nc1cccc(C(=O)O)c1. The quantitative estimate of drug-likeness (QED) is 0.477. The van der Waals surface area contributed by atoms with E-state index in [0.717, 1.165) is 5.56 Å². The van der Waals surface area contributed by atoms with Gasteiger partial charge >= 0.3 is 11.9 Å². The summed E-state index contributed by atoms with van der Waals surface area (Å²) in [5, 5.41) is 18.2. The number of nitrogens with zero attached hydrogens (tertiary/aromatic N) is 2. The van der Waals surface area contributed by atoms with Crippen LogP contribution in [0, 0.1) is 0 Å². The second kappa shape index (κ2) is 9.77. The minimum atomic E-state index is -1.07. The summed E-state index contributed by atoms with van der Waals surface area (Å²) in [7, 11) is 0. The van der Waals surface area contributed by atoms with E-state index >= 15 is 0 Å². The molecular formula is C22H18N2O6S. The molecule has 0 unspecified atom stereocenters. The fourth-order valence-corrected chi connectivity index (χ4v) is 3.67. The van der Waals surface area contributed by atoms with Gasteiger partial charge in [-0.25, -0.2) is 14.6 Å². The average Bonchev–Trinajstić information content (AvgIpc) is 3.02. The predicted octanol–water partition coefficient (Wildman–Crippen LogP) is 3.64. The maximum atomic E-state index is 12.8. The molecule has 31 heavy (non-hydrogen) atoms. The van der Waals surface area contributed by atoms with E-state index in [1.165, 1.54) is 28.8 Å². The molecule has 0 bridgehead atoms. The summed E-state index contributed by atoms with van der Waals surface area (Å²) in [6, 6.07) is 12.8. The summed E-state index contributed by atoms with van der Waals surface area (Å²) in [5.41, 5.74) is 1.25. The van der Waals surface area contributed by atoms with Crippen LogP contribution in [0.3, 0.4) is 0 Å². The Morgan fingerprint density at radius 1 is 1.16 bits per heavy atom. The fourth-order valence-electron chi connectivity index (χ4n) is 2.66. The van der Waals surface area contributed by atoms with E-state index in [2.05, 4.69) is 11.6 Å². The summed E-state index contributed by atoms with van der Waals surface area (Å²) in [6.07, 6.45) is 3.28. The van der Waals surface area contributed by atoms with E-state index in [-0.39, 0.29) is 18.0 Å². The van der Waals surface area contributed by atoms with Gasteiger partial charge in [0.2, 0.25) is 0 Å². The molecule has 0 atom stereocenters. The lowest BCUT2D eigenvalue weighted by molar-refractivity contribution is -0.139. The zero-order chi connectivity index (χ0) is 22.4. The van der Waals surface area contributed by atoms with Crippen molar-refractivity contribution in [3.63, 3.8) is 0 Å². The van der Waals surface area contributed by atoms with Gasteiger partial charge in [0.05, 0.1) is 16.2 Å². The van der Waals surface area contributed by atoms with Crippen molar-refractivity contribution in [2.45, 2.75) is 0 Å². The van der Waals surface area contributed by atoms with E-state index in [1.807, 2.05) is 0 Å². The second-order valence-electron chi connectivity index (χ2n) is 6.32. The molecular weight excluding hydrogens is 420 g/mol. The van der Waals surface area contributed by atoms with Gasteiger partial charge in [-0.2, -0.15) is 0 Å². The molecule has 0 radical (unpaired) electrons. The number of carbonyl (C=O) groups is 3. The van der Waals surface area contributed by atoms with Gasteiger partial charge in [-0.3, -0.25) is 9.69 Å². The Hall–Kier alpha value is -3.85. The fraction of sp³-hybridized carbons (Fsp3) is 0.0909. The number of rotatable bonds is 8. The molecule has 0 spiro atoms. The normalized spacial score (nSPS) is 16.0. The number of amides is 1. The number of carboxylic acid groups (broad SMARTS) is 2. The molecule has 0 aliphatic carbocycles. The van der Waals surface area contributed by atoms with Crippen molar-refractivity contribution in [1.82, 2.24) is 4.90 Å². The van der Waals surface area contributed by atoms with Gasteiger partial charge in [0.1, 0.15) is 5.75 Å². The van der Waals surface area contributed by atoms with Crippen LogP contribution in [0.15, 0.2) is 71.1 Å². The highest BCUT2D eigenvalue weighted by atomic mass is 32.2. The van der Waals surface area contributed by atoms with Crippen LogP contribution in [0.2, 0.25) is 0 Å². The number of carbonyl (C=O) groups excluding carboxylic acids is 1. The Kier molecular flexibility index (Phi) is 6.88. The Balaban J connectivity index is 1.85. The van der Waals surface area contributed by atoms with Gasteiger partial charge in [0, 0.05) is 6.54 Å². The number of hydrogen-bond donors (Lipinski definition) is 2. The molecule has 158 valence electrons. The molecule has 1 fully saturated rings. The molecule has 1 saturated heterocycles. The average molecular weight is 438 g/mol. The molecule has 8 nitrogen and oxygen atoms in total. The number of ether oxygens (including phenoxy) is 1. The van der Waals surface area contributed by atoms with Gasteiger partial charge in [0.15, 0.2) is 11.8 Å². The molecule has 2 aromatic carbocycles. The Morgan fingerprint density at radius 2 is 1.90 bits per heavy atom. The highest BCUT2D eigenvalue weighted by Gasteiger charge is 2.32. The molecule has 2 N–H and O–H groups in total. The maximum Gasteiger partial charge on any atom is 0.341 e. The van der Waals surface area contributed by atoms with Crippen molar-refractivity contribution in [3.05, 3.63) is 77.2 Å². The number of thioether (sulfide) groups is 1. The van der Waals surface area contributed by atoms with E-state index in [1.54, 1.807) is 48.6 Å². The first kappa shape index (κ1) is 21.8. The first-order valence-electron chi connectivity index (χ1n) is 9.06. The zero-order valence-corrected chi connectivity index (χ0v) is 17.0. The summed E-state index contributed by atoms with van der Waals surface area (Å²) in [5.74, 6) is -1.97. The highest BCUT2D eigenvalue weighted by molar-refractivity contribution is 8.18. The van der Waals surface area contributed by atoms with Crippen molar-refractivity contribution in [3.8, 4) is 5.75 Å². The van der Waals surface area contributed by atoms with Crippen molar-refractivity contribution >= 4 is 46.5 Å². The molecule has 2 aromatic rings. The van der Waals surface area contributed by atoms with Gasteiger partial charge < -0.3 is 14.9 Å². The summed E-state index contributed by atoms with van der Waals surface area (Å²) in [6.45, 7) is 3.49. The van der Waals surface area contributed by atoms with E-state index in [9.17, 15) is 14.4 Å². The first-order chi connectivity index (χ1) is 14.9. The van der Waals surface area contributed by atoms with Gasteiger partial charge in [-0.05, 0) is 53.7 Å². The van der Waals surface area contributed by atoms with Gasteiger partial charge in [-0.15, -0.1) is 6.58 Å². The van der Waals surface area contributed by atoms with Crippen molar-refractivity contribution in [1.29, 1.82) is 0 Å². The lowest BCUT2D eigenvalue weighted by Crippen LogP contribution is -2.29. The number of hydrogen-bond acceptors (Lipinski definition) is 6. The van der Waals surface area contributed by atoms with Crippen molar-refractivity contribution < 1.29 is 29.3 Å². The lowest BCUT2D eigenvalue weighted by atomic mass is 10.2. The summed E-state index contributed by atoms with van der Waals surface area (Å²) in [4.78, 5) is 41.0. The Bertz CT molecular complexity index is 1090. The number of aliphatic imine (C=N–C) groups is 1. The molecule has 3 rings (SSSR count). The number of benzene rings is 2. The first-order valence-corrected chi connectivity index (χ1v) is 9.88. The van der Waals surface area contributed by atoms with E-state index in [0.29, 0.717) is 21.5 Å². The molecule has 1 heterocycles. The van der Waals surface area contributed by atoms with E-state index < -0.39 is 18.5 Å². The van der Waals surface area contributed by atoms with Crippen LogP contribution in [-0.2, 0) is 9.59 Å². The van der Waals surface area contributed by atoms with Crippen LogP contribution >= 0.6 is 11.8 Å². The standard InChI is InChI=1S/C22H18N2O6S/c1-2-10-24-20(27)18(11-14-6-8-17(9-7-14)30-13-19(25)26)31-22(24)23-16-5-3-4-15(12-16)21(28)29/h2-9,11-12H,1,10,13H2,(H,25,26)(H,28,29)/b18-11-,23-22?. The smallest absolute Gasteiger partial charge is 0.341 e. The van der Waals surface area contributed by atoms with Crippen LogP contribution < -0.4 is 4.74 Å². The predicted molar refractivity (Wildman–Crippen MR) is 118 cm³/mol. The number of carboxylic acids is 2. The van der Waals surface area contributed by atoms with Crippen LogP contribution in [0.5, 0.6) is 5.75 Å². The highest BCUT2D eigenvalue weighted by Crippen LogP contribution is 2.34. The minimum absolute atomic E-state index is 0.104. The zero-order valence-electron chi connectivity index (χ0n) is 16.2. The molecule has 0 aromatic heterocycles. The second-order valence-corrected chi connectivity index (χ2v) is 7.33. The molecule has 1 aliphatic heterocycles. The Morgan fingerprint density at radius 3 is 2.55 bits per heavy atom. The molecule has 0 saturated carbocycles. The van der Waals surface area contributed by atoms with Crippen molar-refractivity contribution in [2.24, 2.45) is 4.99 Å². The Labute approximate surface area is 182 Å². The van der Waals surface area contributed by atoms with Crippen molar-refractivity contribution in [2.75, 3.05) is 13.2 Å². The number of aliphatic carboxylic acids is 1. The number of amidine groups is 1. The molecule has 1 aliphatic rings. The van der Waals surface area contributed by atoms with Crippen LogP contribution in [-0.4, -0.2) is 51.3 Å².